The van der Waals surface area contributed by atoms with E-state index in [0.29, 0.717) is 36.6 Å². The van der Waals surface area contributed by atoms with E-state index >= 15 is 0 Å². The molecular weight excluding hydrogens is 324 g/mol. The van der Waals surface area contributed by atoms with Gasteiger partial charge in [0.2, 0.25) is 0 Å². The molecule has 0 aromatic rings. The lowest BCUT2D eigenvalue weighted by molar-refractivity contribution is -0.148. The van der Waals surface area contributed by atoms with Crippen molar-refractivity contribution in [1.82, 2.24) is 0 Å². The van der Waals surface area contributed by atoms with Crippen molar-refractivity contribution in [3.8, 4) is 0 Å². The third-order valence-corrected chi connectivity index (χ3v) is 7.72. The lowest BCUT2D eigenvalue weighted by Crippen LogP contribution is -2.53. The van der Waals surface area contributed by atoms with Crippen LogP contribution in [0.25, 0.3) is 0 Å². The van der Waals surface area contributed by atoms with Crippen LogP contribution < -0.4 is 0 Å². The maximum atomic E-state index is 13.2. The Hall–Kier alpha value is -1.38. The average molecular weight is 359 g/mol. The van der Waals surface area contributed by atoms with Crippen molar-refractivity contribution < 1.29 is 14.3 Å². The second kappa shape index (κ2) is 6.98. The quantitative estimate of drug-likeness (QED) is 0.370. The van der Waals surface area contributed by atoms with Gasteiger partial charge in [0, 0.05) is 11.8 Å². The summed E-state index contributed by atoms with van der Waals surface area (Å²) in [4.78, 5) is 25.3. The van der Waals surface area contributed by atoms with Gasteiger partial charge in [0.05, 0.1) is 6.61 Å². The first-order valence-electron chi connectivity index (χ1n) is 10.3. The normalized spacial score (nSPS) is 38.8. The van der Waals surface area contributed by atoms with Gasteiger partial charge in [0.15, 0.2) is 5.78 Å². The van der Waals surface area contributed by atoms with Crippen LogP contribution in [0.1, 0.15) is 72.1 Å². The second-order valence-corrected chi connectivity index (χ2v) is 9.21. The Bertz CT molecular complexity index is 633. The van der Waals surface area contributed by atoms with Crippen LogP contribution in [0.3, 0.4) is 0 Å². The van der Waals surface area contributed by atoms with Crippen LogP contribution in [0.2, 0.25) is 0 Å². The summed E-state index contributed by atoms with van der Waals surface area (Å²) in [6.45, 7) is 15.3. The smallest absolute Gasteiger partial charge is 0.305 e. The molecule has 3 nitrogen and oxygen atoms in total. The van der Waals surface area contributed by atoms with Crippen LogP contribution in [0, 0.1) is 28.6 Å². The van der Waals surface area contributed by atoms with Crippen LogP contribution in [-0.2, 0) is 14.3 Å². The minimum Gasteiger partial charge on any atom is -0.466 e. The summed E-state index contributed by atoms with van der Waals surface area (Å²) in [5.74, 6) is 1.30. The van der Waals surface area contributed by atoms with Gasteiger partial charge >= 0.3 is 5.97 Å². The van der Waals surface area contributed by atoms with Crippen LogP contribution in [0.15, 0.2) is 24.3 Å². The predicted octanol–water partition coefficient (Wildman–Crippen LogP) is 5.25. The molecule has 0 amide bonds. The summed E-state index contributed by atoms with van der Waals surface area (Å²) < 4.78 is 5.31. The molecule has 0 aromatic heterocycles. The van der Waals surface area contributed by atoms with Crippen molar-refractivity contribution in [3.63, 3.8) is 0 Å². The number of hydrogen-bond acceptors (Lipinski definition) is 3. The van der Waals surface area contributed by atoms with Crippen molar-refractivity contribution in [2.45, 2.75) is 72.1 Å². The zero-order valence-corrected chi connectivity index (χ0v) is 16.7. The SMILES string of the molecule is C=C1C(=O)[C@@]23CC[C@H](C(=C)C)[C@@](C)(CCC(=O)OCCC)[C@@H]2CC[C@@H]1C3. The average Bonchev–Trinajstić information content (AvgIpc) is 2.78. The number of carbonyl (C=O) groups is 2. The molecule has 3 aliphatic carbocycles. The number of ketones is 1. The van der Waals surface area contributed by atoms with Crippen LogP contribution in [-0.4, -0.2) is 18.4 Å². The van der Waals surface area contributed by atoms with Crippen molar-refractivity contribution in [1.29, 1.82) is 0 Å². The first kappa shape index (κ1) is 19.4. The van der Waals surface area contributed by atoms with Crippen molar-refractivity contribution in [2.75, 3.05) is 6.61 Å². The van der Waals surface area contributed by atoms with E-state index in [-0.39, 0.29) is 16.8 Å². The topological polar surface area (TPSA) is 43.4 Å². The van der Waals surface area contributed by atoms with Gasteiger partial charge in [0.1, 0.15) is 0 Å². The van der Waals surface area contributed by atoms with Gasteiger partial charge in [-0.2, -0.15) is 0 Å². The Morgan fingerprint density at radius 1 is 1.31 bits per heavy atom. The van der Waals surface area contributed by atoms with E-state index in [2.05, 4.69) is 27.0 Å². The first-order valence-corrected chi connectivity index (χ1v) is 10.3. The predicted molar refractivity (Wildman–Crippen MR) is 104 cm³/mol. The molecule has 0 heterocycles. The van der Waals surface area contributed by atoms with E-state index in [0.717, 1.165) is 50.5 Å². The Balaban J connectivity index is 1.88. The molecule has 3 fully saturated rings. The molecular formula is C23H34O3. The number of esters is 1. The Labute approximate surface area is 158 Å². The van der Waals surface area contributed by atoms with Gasteiger partial charge in [-0.05, 0) is 80.6 Å². The van der Waals surface area contributed by atoms with Crippen molar-refractivity contribution in [2.24, 2.45) is 28.6 Å². The molecule has 0 radical (unpaired) electrons. The lowest BCUT2D eigenvalue weighted by atomic mass is 9.46. The lowest BCUT2D eigenvalue weighted by Gasteiger charge is -2.57. The van der Waals surface area contributed by atoms with Gasteiger partial charge in [-0.1, -0.05) is 32.6 Å². The molecule has 0 aromatic carbocycles. The molecule has 1 spiro atoms. The number of fused-ring (bicyclic) bond motifs is 1. The summed E-state index contributed by atoms with van der Waals surface area (Å²) in [7, 11) is 0. The highest BCUT2D eigenvalue weighted by Crippen LogP contribution is 2.67. The summed E-state index contributed by atoms with van der Waals surface area (Å²) in [5, 5.41) is 0. The van der Waals surface area contributed by atoms with Gasteiger partial charge in [0.25, 0.3) is 0 Å². The molecule has 3 rings (SSSR count). The third kappa shape index (κ3) is 2.88. The number of allylic oxidation sites excluding steroid dienone is 2. The molecule has 3 heteroatoms. The van der Waals surface area contributed by atoms with E-state index in [1.54, 1.807) is 0 Å². The first-order chi connectivity index (χ1) is 12.3. The molecule has 2 bridgehead atoms. The highest BCUT2D eigenvalue weighted by molar-refractivity contribution is 6.03. The third-order valence-electron chi connectivity index (χ3n) is 7.72. The molecule has 0 N–H and O–H groups in total. The van der Waals surface area contributed by atoms with Crippen LogP contribution >= 0.6 is 0 Å². The van der Waals surface area contributed by atoms with E-state index in [1.165, 1.54) is 5.57 Å². The standard InChI is InChI=1S/C23H34O3/c1-6-13-26-20(24)10-11-22(5)18(15(2)3)9-12-23-14-17(7-8-19(22)23)16(4)21(23)25/h17-19H,2,4,6-14H2,1,3,5H3/t17-,18-,19+,22-,23-/m1/s1. The molecule has 3 saturated carbocycles. The van der Waals surface area contributed by atoms with E-state index in [1.807, 2.05) is 6.92 Å². The number of rotatable bonds is 6. The maximum absolute atomic E-state index is 13.2. The fourth-order valence-electron chi connectivity index (χ4n) is 6.52. The Morgan fingerprint density at radius 2 is 2.04 bits per heavy atom. The number of ether oxygens (including phenoxy) is 1. The van der Waals surface area contributed by atoms with Crippen LogP contribution in [0.5, 0.6) is 0 Å². The molecule has 3 aliphatic rings. The summed E-state index contributed by atoms with van der Waals surface area (Å²) in [6.07, 6.45) is 7.14. The summed E-state index contributed by atoms with van der Waals surface area (Å²) in [6, 6.07) is 0. The molecule has 5 atom stereocenters. The fourth-order valence-corrected chi connectivity index (χ4v) is 6.52. The monoisotopic (exact) mass is 358 g/mol. The molecule has 0 unspecified atom stereocenters. The van der Waals surface area contributed by atoms with Crippen LogP contribution in [0.4, 0.5) is 0 Å². The molecule has 144 valence electrons. The van der Waals surface area contributed by atoms with Gasteiger partial charge < -0.3 is 4.74 Å². The van der Waals surface area contributed by atoms with E-state index in [4.69, 9.17) is 4.74 Å². The Morgan fingerprint density at radius 3 is 2.69 bits per heavy atom. The Kier molecular flexibility index (Phi) is 5.20. The highest BCUT2D eigenvalue weighted by atomic mass is 16.5. The van der Waals surface area contributed by atoms with Gasteiger partial charge in [-0.3, -0.25) is 9.59 Å². The minimum absolute atomic E-state index is 0.0689. The molecule has 26 heavy (non-hydrogen) atoms. The highest BCUT2D eigenvalue weighted by Gasteiger charge is 2.64. The largest absolute Gasteiger partial charge is 0.466 e. The summed E-state index contributed by atoms with van der Waals surface area (Å²) >= 11 is 0. The van der Waals surface area contributed by atoms with Gasteiger partial charge in [-0.15, -0.1) is 0 Å². The summed E-state index contributed by atoms with van der Waals surface area (Å²) in [5.41, 5.74) is 1.76. The van der Waals surface area contributed by atoms with Crippen molar-refractivity contribution >= 4 is 11.8 Å². The molecule has 0 aliphatic heterocycles. The van der Waals surface area contributed by atoms with Crippen molar-refractivity contribution in [3.05, 3.63) is 24.3 Å². The molecule has 0 saturated heterocycles. The number of Topliss-reactive ketones (excluding diaryl/α,β-unsaturated/α-hetero) is 1. The fraction of sp³-hybridized carbons (Fsp3) is 0.739. The zero-order chi connectivity index (χ0) is 19.1. The van der Waals surface area contributed by atoms with E-state index in [9.17, 15) is 9.59 Å². The zero-order valence-electron chi connectivity index (χ0n) is 16.7. The van der Waals surface area contributed by atoms with E-state index < -0.39 is 0 Å². The van der Waals surface area contributed by atoms with Gasteiger partial charge in [-0.25, -0.2) is 0 Å². The number of carbonyl (C=O) groups excluding carboxylic acids is 2. The maximum Gasteiger partial charge on any atom is 0.305 e. The number of hydrogen-bond donors (Lipinski definition) is 0. The minimum atomic E-state index is -0.228. The second-order valence-electron chi connectivity index (χ2n) is 9.21.